The highest BCUT2D eigenvalue weighted by molar-refractivity contribution is 5.78. The molecule has 0 fully saturated rings. The maximum atomic E-state index is 5.94. The van der Waals surface area contributed by atoms with Gasteiger partial charge in [-0.2, -0.15) is 0 Å². The summed E-state index contributed by atoms with van der Waals surface area (Å²) in [7, 11) is 0. The maximum absolute atomic E-state index is 5.94. The molecule has 0 atom stereocenters. The lowest BCUT2D eigenvalue weighted by Gasteiger charge is -2.06. The monoisotopic (exact) mass is 325 g/mol. The van der Waals surface area contributed by atoms with E-state index in [0.29, 0.717) is 5.89 Å². The Morgan fingerprint density at radius 2 is 1.60 bits per heavy atom. The number of rotatable bonds is 4. The smallest absolute Gasteiger partial charge is 0.227 e. The highest BCUT2D eigenvalue weighted by Crippen LogP contribution is 2.28. The predicted molar refractivity (Wildman–Crippen MR) is 104 cm³/mol. The van der Waals surface area contributed by atoms with Crippen LogP contribution in [-0.2, 0) is 6.42 Å². The molecule has 0 radical (unpaired) electrons. The van der Waals surface area contributed by atoms with Gasteiger partial charge in [-0.05, 0) is 41.3 Å². The van der Waals surface area contributed by atoms with Crippen molar-refractivity contribution in [2.45, 2.75) is 13.3 Å². The van der Waals surface area contributed by atoms with Crippen LogP contribution in [0.1, 0.15) is 23.6 Å². The van der Waals surface area contributed by atoms with E-state index in [9.17, 15) is 0 Å². The molecule has 0 saturated carbocycles. The largest absolute Gasteiger partial charge is 0.436 e. The quantitative estimate of drug-likeness (QED) is 0.416. The van der Waals surface area contributed by atoms with Gasteiger partial charge >= 0.3 is 0 Å². The van der Waals surface area contributed by atoms with Crippen molar-refractivity contribution in [3.63, 3.8) is 0 Å². The summed E-state index contributed by atoms with van der Waals surface area (Å²) >= 11 is 0. The summed E-state index contributed by atoms with van der Waals surface area (Å²) in [6, 6.07) is 24.6. The molecule has 0 bridgehead atoms. The van der Waals surface area contributed by atoms with E-state index < -0.39 is 0 Å². The molecule has 25 heavy (non-hydrogen) atoms. The highest BCUT2D eigenvalue weighted by Gasteiger charge is 2.11. The maximum Gasteiger partial charge on any atom is 0.227 e. The fraction of sp³-hybridized carbons (Fsp3) is 0.0870. The van der Waals surface area contributed by atoms with Crippen LogP contribution in [0, 0.1) is 0 Å². The normalized spacial score (nSPS) is 11.4. The van der Waals surface area contributed by atoms with Crippen molar-refractivity contribution in [1.29, 1.82) is 0 Å². The number of aryl methyl sites for hydroxylation is 1. The molecule has 3 aromatic carbocycles. The van der Waals surface area contributed by atoms with E-state index in [2.05, 4.69) is 54.4 Å². The Morgan fingerprint density at radius 1 is 0.840 bits per heavy atom. The van der Waals surface area contributed by atoms with Crippen LogP contribution in [0.15, 0.2) is 77.2 Å². The van der Waals surface area contributed by atoms with Crippen molar-refractivity contribution in [2.24, 2.45) is 0 Å². The van der Waals surface area contributed by atoms with Crippen LogP contribution >= 0.6 is 0 Å². The van der Waals surface area contributed by atoms with E-state index in [0.717, 1.165) is 23.1 Å². The summed E-state index contributed by atoms with van der Waals surface area (Å²) in [6.45, 7) is 2.16. The molecule has 0 aliphatic heterocycles. The zero-order chi connectivity index (χ0) is 17.1. The van der Waals surface area contributed by atoms with Gasteiger partial charge in [0.2, 0.25) is 5.89 Å². The first-order valence-electron chi connectivity index (χ1n) is 8.55. The van der Waals surface area contributed by atoms with Gasteiger partial charge in [0.25, 0.3) is 0 Å². The number of para-hydroxylation sites is 2. The van der Waals surface area contributed by atoms with Crippen LogP contribution in [0.5, 0.6) is 0 Å². The second kappa shape index (κ2) is 6.78. The summed E-state index contributed by atoms with van der Waals surface area (Å²) in [6.07, 6.45) is 5.21. The summed E-state index contributed by atoms with van der Waals surface area (Å²) in [5, 5.41) is 0. The number of hydrogen-bond donors (Lipinski definition) is 0. The van der Waals surface area contributed by atoms with Crippen LogP contribution in [0.4, 0.5) is 0 Å². The Kier molecular flexibility index (Phi) is 4.17. The first kappa shape index (κ1) is 15.4. The third-order valence-electron chi connectivity index (χ3n) is 4.30. The van der Waals surface area contributed by atoms with Gasteiger partial charge in [0.15, 0.2) is 5.58 Å². The van der Waals surface area contributed by atoms with Crippen LogP contribution < -0.4 is 0 Å². The first-order chi connectivity index (χ1) is 12.3. The Balaban J connectivity index is 1.69. The molecule has 4 aromatic rings. The van der Waals surface area contributed by atoms with E-state index >= 15 is 0 Å². The van der Waals surface area contributed by atoms with Crippen LogP contribution in [0.2, 0.25) is 0 Å². The van der Waals surface area contributed by atoms with Gasteiger partial charge in [-0.25, -0.2) is 4.98 Å². The number of fused-ring (bicyclic) bond motifs is 1. The van der Waals surface area contributed by atoms with Crippen molar-refractivity contribution in [3.8, 4) is 11.5 Å². The Morgan fingerprint density at radius 3 is 2.40 bits per heavy atom. The molecule has 2 heteroatoms. The lowest BCUT2D eigenvalue weighted by Crippen LogP contribution is -1.89. The molecule has 122 valence electrons. The molecule has 0 unspecified atom stereocenters. The van der Waals surface area contributed by atoms with Gasteiger partial charge < -0.3 is 4.42 Å². The zero-order valence-corrected chi connectivity index (χ0v) is 14.1. The van der Waals surface area contributed by atoms with Crippen LogP contribution in [-0.4, -0.2) is 4.98 Å². The van der Waals surface area contributed by atoms with Gasteiger partial charge in [0.1, 0.15) is 5.52 Å². The van der Waals surface area contributed by atoms with Crippen LogP contribution in [0.25, 0.3) is 34.7 Å². The zero-order valence-electron chi connectivity index (χ0n) is 14.1. The molecule has 0 spiro atoms. The second-order valence-electron chi connectivity index (χ2n) is 6.00. The van der Waals surface area contributed by atoms with E-state index in [1.54, 1.807) is 0 Å². The van der Waals surface area contributed by atoms with Crippen molar-refractivity contribution in [3.05, 3.63) is 89.5 Å². The van der Waals surface area contributed by atoms with Gasteiger partial charge in [0.05, 0.1) is 0 Å². The third kappa shape index (κ3) is 3.24. The van der Waals surface area contributed by atoms with Gasteiger partial charge in [-0.1, -0.05) is 73.7 Å². The first-order valence-corrected chi connectivity index (χ1v) is 8.55. The van der Waals surface area contributed by atoms with Crippen molar-refractivity contribution in [2.75, 3.05) is 0 Å². The van der Waals surface area contributed by atoms with Gasteiger partial charge in [-0.3, -0.25) is 0 Å². The number of benzene rings is 3. The lowest BCUT2D eigenvalue weighted by molar-refractivity contribution is 0.619. The minimum atomic E-state index is 0.691. The van der Waals surface area contributed by atoms with Gasteiger partial charge in [-0.15, -0.1) is 0 Å². The van der Waals surface area contributed by atoms with Crippen molar-refractivity contribution in [1.82, 2.24) is 4.98 Å². The molecule has 0 saturated heterocycles. The van der Waals surface area contributed by atoms with Crippen LogP contribution in [0.3, 0.4) is 0 Å². The average molecular weight is 325 g/mol. The van der Waals surface area contributed by atoms with E-state index in [1.807, 2.05) is 42.5 Å². The molecule has 4 rings (SSSR count). The Bertz CT molecular complexity index is 995. The second-order valence-corrected chi connectivity index (χ2v) is 6.00. The Labute approximate surface area is 147 Å². The topological polar surface area (TPSA) is 26.0 Å². The Hall–Kier alpha value is -3.13. The van der Waals surface area contributed by atoms with Crippen molar-refractivity contribution >= 4 is 23.3 Å². The fourth-order valence-electron chi connectivity index (χ4n) is 2.96. The molecule has 2 nitrogen and oxygen atoms in total. The van der Waals surface area contributed by atoms with E-state index in [4.69, 9.17) is 4.42 Å². The molecule has 1 aromatic heterocycles. The molecule has 0 amide bonds. The summed E-state index contributed by atoms with van der Waals surface area (Å²) in [4.78, 5) is 4.63. The van der Waals surface area contributed by atoms with E-state index in [-0.39, 0.29) is 0 Å². The SMILES string of the molecule is CCc1cc(C=Cc2ccccc2)ccc1-c1nc2ccccc2o1. The molecule has 0 N–H and O–H groups in total. The predicted octanol–water partition coefficient (Wildman–Crippen LogP) is 6.23. The molecular formula is C23H19NO. The molecular weight excluding hydrogens is 306 g/mol. The number of aromatic nitrogens is 1. The molecule has 0 aliphatic rings. The highest BCUT2D eigenvalue weighted by atomic mass is 16.3. The lowest BCUT2D eigenvalue weighted by atomic mass is 10.0. The fourth-order valence-corrected chi connectivity index (χ4v) is 2.96. The van der Waals surface area contributed by atoms with E-state index in [1.165, 1.54) is 16.7 Å². The summed E-state index contributed by atoms with van der Waals surface area (Å²) < 4.78 is 5.94. The minimum absolute atomic E-state index is 0.691. The number of hydrogen-bond acceptors (Lipinski definition) is 2. The summed E-state index contributed by atoms with van der Waals surface area (Å²) in [5.41, 5.74) is 6.40. The van der Waals surface area contributed by atoms with Crippen molar-refractivity contribution < 1.29 is 4.42 Å². The number of oxazole rings is 1. The molecule has 1 heterocycles. The average Bonchev–Trinajstić information content (AvgIpc) is 3.11. The molecule has 0 aliphatic carbocycles. The third-order valence-corrected chi connectivity index (χ3v) is 4.30. The number of nitrogens with zero attached hydrogens (tertiary/aromatic N) is 1. The summed E-state index contributed by atoms with van der Waals surface area (Å²) in [5.74, 6) is 0.691. The minimum Gasteiger partial charge on any atom is -0.436 e. The standard InChI is InChI=1S/C23H19NO/c1-2-19-16-18(13-12-17-8-4-3-5-9-17)14-15-20(19)23-24-21-10-6-7-11-22(21)25-23/h3-16H,2H2,1H3. The van der Waals surface area contributed by atoms with Gasteiger partial charge in [0, 0.05) is 5.56 Å².